The Morgan fingerprint density at radius 3 is 2.69 bits per heavy atom. The molecule has 2 atom stereocenters. The fourth-order valence-electron chi connectivity index (χ4n) is 2.62. The van der Waals surface area contributed by atoms with E-state index < -0.39 is 22.2 Å². The molecule has 0 spiro atoms. The van der Waals surface area contributed by atoms with Crippen LogP contribution in [0.5, 0.6) is 0 Å². The maximum Gasteiger partial charge on any atom is 0.239 e. The van der Waals surface area contributed by atoms with Gasteiger partial charge in [0.25, 0.3) is 0 Å². The summed E-state index contributed by atoms with van der Waals surface area (Å²) < 4.78 is 29.1. The second-order valence-corrected chi connectivity index (χ2v) is 8.64. The Balaban J connectivity index is 2.36. The number of nitriles is 1. The van der Waals surface area contributed by atoms with E-state index in [-0.39, 0.29) is 23.0 Å². The third-order valence-corrected chi connectivity index (χ3v) is 5.62. The zero-order chi connectivity index (χ0) is 21.8. The molecule has 1 aromatic heterocycles. The molecule has 1 aromatic carbocycles. The van der Waals surface area contributed by atoms with Crippen molar-refractivity contribution in [3.63, 3.8) is 0 Å². The van der Waals surface area contributed by atoms with Crippen molar-refractivity contribution in [2.75, 3.05) is 24.4 Å². The smallest absolute Gasteiger partial charge is 0.239 e. The monoisotopic (exact) mass is 484 g/mol. The van der Waals surface area contributed by atoms with Gasteiger partial charge in [-0.25, -0.2) is 18.5 Å². The quantitative estimate of drug-likeness (QED) is 0.435. The Morgan fingerprint density at radius 1 is 1.45 bits per heavy atom. The molecule has 0 aliphatic heterocycles. The number of methoxy groups -OCH3 is 1. The maximum atomic E-state index is 11.7. The largest absolute Gasteiger partial charge is 0.391 e. The Labute approximate surface area is 177 Å². The number of sulfonamides is 1. The van der Waals surface area contributed by atoms with Gasteiger partial charge in [-0.1, -0.05) is 0 Å². The van der Waals surface area contributed by atoms with E-state index in [1.165, 1.54) is 25.4 Å². The summed E-state index contributed by atoms with van der Waals surface area (Å²) in [6.07, 6.45) is 0.820. The molecule has 0 saturated heterocycles. The highest BCUT2D eigenvalue weighted by molar-refractivity contribution is 9.10. The molecule has 0 bridgehead atoms. The molecule has 12 heteroatoms. The summed E-state index contributed by atoms with van der Waals surface area (Å²) in [5.41, 5.74) is 0.655. The Kier molecular flexibility index (Phi) is 7.50. The number of aryl methyl sites for hydroxylation is 1. The summed E-state index contributed by atoms with van der Waals surface area (Å²) in [6.45, 7) is 3.43. The molecule has 0 radical (unpaired) electrons. The molecule has 0 saturated carbocycles. The second-order valence-electron chi connectivity index (χ2n) is 6.29. The number of aliphatic hydroxyl groups excluding tert-OH is 1. The van der Waals surface area contributed by atoms with Crippen LogP contribution in [0.3, 0.4) is 0 Å². The van der Waals surface area contributed by atoms with E-state index in [0.717, 1.165) is 0 Å². The Bertz CT molecular complexity index is 1040. The number of benzene rings is 1. The van der Waals surface area contributed by atoms with Crippen molar-refractivity contribution in [1.29, 1.82) is 5.26 Å². The van der Waals surface area contributed by atoms with Crippen molar-refractivity contribution < 1.29 is 18.3 Å². The van der Waals surface area contributed by atoms with Gasteiger partial charge in [0.05, 0.1) is 28.8 Å². The number of anilines is 3. The fraction of sp³-hybridized carbons (Fsp3) is 0.353. The molecule has 2 rings (SSSR count). The number of nitrogens with zero attached hydrogens (tertiary/aromatic N) is 3. The molecule has 156 valence electrons. The average Bonchev–Trinajstić information content (AvgIpc) is 2.62. The molecule has 0 aliphatic rings. The normalized spacial score (nSPS) is 13.4. The molecule has 0 unspecified atom stereocenters. The van der Waals surface area contributed by atoms with Gasteiger partial charge in [-0.2, -0.15) is 10.2 Å². The van der Waals surface area contributed by atoms with Crippen molar-refractivity contribution >= 4 is 43.4 Å². The number of ether oxygens (including phenoxy) is 1. The van der Waals surface area contributed by atoms with Crippen molar-refractivity contribution in [1.82, 2.24) is 9.97 Å². The van der Waals surface area contributed by atoms with Gasteiger partial charge in [-0.05, 0) is 47.5 Å². The first-order chi connectivity index (χ1) is 13.6. The highest BCUT2D eigenvalue weighted by Gasteiger charge is 2.20. The molecule has 0 aliphatic carbocycles. The number of nitrogens with two attached hydrogens (primary N) is 1. The number of hydrogen-bond acceptors (Lipinski definition) is 9. The van der Waals surface area contributed by atoms with E-state index in [1.807, 2.05) is 6.07 Å². The van der Waals surface area contributed by atoms with Crippen LogP contribution in [0.15, 0.2) is 27.7 Å². The van der Waals surface area contributed by atoms with Crippen LogP contribution in [0.25, 0.3) is 0 Å². The van der Waals surface area contributed by atoms with Gasteiger partial charge in [0.15, 0.2) is 0 Å². The number of aliphatic hydroxyl groups is 1. The van der Waals surface area contributed by atoms with Crippen LogP contribution >= 0.6 is 15.9 Å². The molecule has 2 aromatic rings. The van der Waals surface area contributed by atoms with E-state index >= 15 is 0 Å². The molecule has 0 amide bonds. The molecule has 10 nitrogen and oxygen atoms in total. The molecular weight excluding hydrogens is 464 g/mol. The summed E-state index contributed by atoms with van der Waals surface area (Å²) >= 11 is 3.35. The zero-order valence-electron chi connectivity index (χ0n) is 16.0. The van der Waals surface area contributed by atoms with Gasteiger partial charge in [0.2, 0.25) is 16.0 Å². The standard InChI is InChI=1S/C17H21BrN6O4S/c1-9-4-12(5-11(6-19)15(9)29(20,26)27)22-17-21-7-13(18)16(24-17)23-14(8-28-3)10(2)25/h4-5,7,10,14,25H,8H2,1-3H3,(H2,20,26,27)(H2,21,22,23,24)/t10-,14-/m1/s1. The van der Waals surface area contributed by atoms with Gasteiger partial charge >= 0.3 is 0 Å². The highest BCUT2D eigenvalue weighted by atomic mass is 79.9. The van der Waals surface area contributed by atoms with Crippen LogP contribution in [0.2, 0.25) is 0 Å². The van der Waals surface area contributed by atoms with Gasteiger partial charge in [-0.3, -0.25) is 0 Å². The number of nitrogens with one attached hydrogen (secondary N) is 2. The number of rotatable bonds is 8. The lowest BCUT2D eigenvalue weighted by Crippen LogP contribution is -2.36. The van der Waals surface area contributed by atoms with E-state index in [2.05, 4.69) is 36.5 Å². The van der Waals surface area contributed by atoms with E-state index in [4.69, 9.17) is 9.88 Å². The van der Waals surface area contributed by atoms with Crippen LogP contribution in [0.1, 0.15) is 18.1 Å². The molecule has 1 heterocycles. The lowest BCUT2D eigenvalue weighted by molar-refractivity contribution is 0.106. The van der Waals surface area contributed by atoms with Crippen molar-refractivity contribution in [3.05, 3.63) is 33.9 Å². The number of primary sulfonamides is 1. The van der Waals surface area contributed by atoms with Crippen molar-refractivity contribution in [3.8, 4) is 6.07 Å². The van der Waals surface area contributed by atoms with Crippen LogP contribution in [-0.4, -0.2) is 49.4 Å². The number of halogens is 1. The number of hydrogen-bond donors (Lipinski definition) is 4. The third kappa shape index (κ3) is 5.84. The lowest BCUT2D eigenvalue weighted by Gasteiger charge is -2.22. The van der Waals surface area contributed by atoms with Crippen LogP contribution in [-0.2, 0) is 14.8 Å². The average molecular weight is 485 g/mol. The minimum absolute atomic E-state index is 0.0836. The predicted molar refractivity (Wildman–Crippen MR) is 111 cm³/mol. The minimum atomic E-state index is -4.04. The first kappa shape index (κ1) is 23.0. The van der Waals surface area contributed by atoms with E-state index in [1.54, 1.807) is 13.8 Å². The first-order valence-corrected chi connectivity index (χ1v) is 10.7. The van der Waals surface area contributed by atoms with Crippen LogP contribution < -0.4 is 15.8 Å². The predicted octanol–water partition coefficient (Wildman–Crippen LogP) is 1.62. The summed E-state index contributed by atoms with van der Waals surface area (Å²) in [4.78, 5) is 8.30. The Hall–Kier alpha value is -2.30. The van der Waals surface area contributed by atoms with Gasteiger partial charge < -0.3 is 20.5 Å². The second kappa shape index (κ2) is 9.47. The third-order valence-electron chi connectivity index (χ3n) is 3.93. The molecule has 29 heavy (non-hydrogen) atoms. The number of aromatic nitrogens is 2. The zero-order valence-corrected chi connectivity index (χ0v) is 18.4. The summed E-state index contributed by atoms with van der Waals surface area (Å²) in [5, 5.41) is 30.4. The van der Waals surface area contributed by atoms with E-state index in [9.17, 15) is 18.8 Å². The highest BCUT2D eigenvalue weighted by Crippen LogP contribution is 2.27. The summed E-state index contributed by atoms with van der Waals surface area (Å²) in [6, 6.07) is 4.32. The van der Waals surface area contributed by atoms with Crippen LogP contribution in [0.4, 0.5) is 17.5 Å². The van der Waals surface area contributed by atoms with Crippen LogP contribution in [0, 0.1) is 18.3 Å². The minimum Gasteiger partial charge on any atom is -0.391 e. The molecule has 0 fully saturated rings. The maximum absolute atomic E-state index is 11.7. The molecular formula is C17H21BrN6O4S. The van der Waals surface area contributed by atoms with Gasteiger partial charge in [0, 0.05) is 19.0 Å². The van der Waals surface area contributed by atoms with Crippen molar-refractivity contribution in [2.45, 2.75) is 30.9 Å². The summed E-state index contributed by atoms with van der Waals surface area (Å²) in [7, 11) is -2.51. The fourth-order valence-corrected chi connectivity index (χ4v) is 3.85. The van der Waals surface area contributed by atoms with Gasteiger partial charge in [0.1, 0.15) is 16.8 Å². The Morgan fingerprint density at radius 2 is 2.14 bits per heavy atom. The first-order valence-electron chi connectivity index (χ1n) is 8.37. The van der Waals surface area contributed by atoms with E-state index in [0.29, 0.717) is 21.5 Å². The SMILES string of the molecule is COC[C@@H](Nc1nc(Nc2cc(C)c(S(N)(=O)=O)c(C#N)c2)ncc1Br)[C@@H](C)O. The van der Waals surface area contributed by atoms with Crippen molar-refractivity contribution in [2.24, 2.45) is 5.14 Å². The lowest BCUT2D eigenvalue weighted by atomic mass is 10.1. The van der Waals surface area contributed by atoms with Gasteiger partial charge in [-0.15, -0.1) is 0 Å². The topological polar surface area (TPSA) is 163 Å². The molecule has 5 N–H and O–H groups in total. The summed E-state index contributed by atoms with van der Waals surface area (Å²) in [5.74, 6) is 0.618.